The maximum atomic E-state index is 5.60. The number of ether oxygens (including phenoxy) is 1. The lowest BCUT2D eigenvalue weighted by atomic mass is 10.1. The van der Waals surface area contributed by atoms with Gasteiger partial charge in [-0.25, -0.2) is 0 Å². The Balaban J connectivity index is 3.17. The first-order valence-electron chi connectivity index (χ1n) is 2.93. The molecule has 0 aliphatic heterocycles. The number of rotatable bonds is 3. The zero-order valence-electron chi connectivity index (χ0n) is 5.85. The van der Waals surface area contributed by atoms with Crippen molar-refractivity contribution in [2.75, 3.05) is 13.7 Å². The molecule has 50 valence electrons. The van der Waals surface area contributed by atoms with Crippen molar-refractivity contribution in [3.63, 3.8) is 0 Å². The molecule has 0 rings (SSSR count). The molecular weight excluding hydrogens is 102 g/mol. The minimum Gasteiger partial charge on any atom is -0.383 e. The highest BCUT2D eigenvalue weighted by molar-refractivity contribution is 4.62. The van der Waals surface area contributed by atoms with Crippen molar-refractivity contribution in [1.82, 2.24) is 0 Å². The molecule has 0 saturated heterocycles. The van der Waals surface area contributed by atoms with Crippen molar-refractivity contribution in [2.45, 2.75) is 19.9 Å². The van der Waals surface area contributed by atoms with Crippen LogP contribution < -0.4 is 5.73 Å². The van der Waals surface area contributed by atoms with Crippen LogP contribution in [-0.2, 0) is 4.74 Å². The Bertz CT molecular complexity index is 54.5. The molecule has 0 fully saturated rings. The van der Waals surface area contributed by atoms with Crippen LogP contribution in [0.1, 0.15) is 13.8 Å². The molecule has 8 heavy (non-hydrogen) atoms. The Labute approximate surface area is 51.0 Å². The van der Waals surface area contributed by atoms with Crippen LogP contribution in [0.3, 0.4) is 0 Å². The highest BCUT2D eigenvalue weighted by atomic mass is 16.5. The molecule has 0 heterocycles. The fourth-order valence-electron chi connectivity index (χ4n) is 0.385. The zero-order chi connectivity index (χ0) is 6.57. The summed E-state index contributed by atoms with van der Waals surface area (Å²) in [6.45, 7) is 4.84. The molecule has 0 aromatic carbocycles. The molecule has 2 heteroatoms. The number of hydrogen-bond acceptors (Lipinski definition) is 2. The van der Waals surface area contributed by atoms with Gasteiger partial charge in [-0.3, -0.25) is 0 Å². The van der Waals surface area contributed by atoms with Gasteiger partial charge in [0, 0.05) is 13.2 Å². The van der Waals surface area contributed by atoms with Crippen LogP contribution in [0.2, 0.25) is 0 Å². The highest BCUT2D eigenvalue weighted by Gasteiger charge is 2.04. The van der Waals surface area contributed by atoms with Crippen molar-refractivity contribution in [3.05, 3.63) is 0 Å². The van der Waals surface area contributed by atoms with Crippen LogP contribution in [0.4, 0.5) is 0 Å². The summed E-state index contributed by atoms with van der Waals surface area (Å²) in [5.74, 6) is 0.523. The molecule has 0 aliphatic rings. The van der Waals surface area contributed by atoms with E-state index in [1.54, 1.807) is 7.11 Å². The van der Waals surface area contributed by atoms with Crippen LogP contribution in [0, 0.1) is 5.92 Å². The van der Waals surface area contributed by atoms with Gasteiger partial charge < -0.3 is 10.5 Å². The summed E-state index contributed by atoms with van der Waals surface area (Å²) in [6.07, 6.45) is 0. The second kappa shape index (κ2) is 3.87. The molecule has 0 bridgehead atoms. The molecule has 0 unspecified atom stereocenters. The van der Waals surface area contributed by atoms with Gasteiger partial charge in [0.15, 0.2) is 0 Å². The first-order chi connectivity index (χ1) is 3.68. The highest BCUT2D eigenvalue weighted by Crippen LogP contribution is 1.96. The zero-order valence-corrected chi connectivity index (χ0v) is 5.85. The third-order valence-electron chi connectivity index (χ3n) is 1.22. The van der Waals surface area contributed by atoms with Gasteiger partial charge in [-0.2, -0.15) is 0 Å². The lowest BCUT2D eigenvalue weighted by Gasteiger charge is -2.12. The lowest BCUT2D eigenvalue weighted by Crippen LogP contribution is -2.30. The summed E-state index contributed by atoms with van der Waals surface area (Å²) >= 11 is 0. The molecule has 0 saturated carbocycles. The molecule has 2 nitrogen and oxygen atoms in total. The Morgan fingerprint density at radius 1 is 1.50 bits per heavy atom. The SMILES string of the molecule is COC[C@@H](N)C(C)C. The minimum atomic E-state index is 0.194. The van der Waals surface area contributed by atoms with Crippen LogP contribution >= 0.6 is 0 Å². The Morgan fingerprint density at radius 3 is 2.12 bits per heavy atom. The van der Waals surface area contributed by atoms with E-state index in [1.165, 1.54) is 0 Å². The van der Waals surface area contributed by atoms with Crippen molar-refractivity contribution in [3.8, 4) is 0 Å². The van der Waals surface area contributed by atoms with Gasteiger partial charge >= 0.3 is 0 Å². The largest absolute Gasteiger partial charge is 0.383 e. The third-order valence-corrected chi connectivity index (χ3v) is 1.22. The number of nitrogens with two attached hydrogens (primary N) is 1. The van der Waals surface area contributed by atoms with Crippen molar-refractivity contribution in [1.29, 1.82) is 0 Å². The second-order valence-corrected chi connectivity index (χ2v) is 2.36. The summed E-state index contributed by atoms with van der Waals surface area (Å²) in [6, 6.07) is 0.194. The lowest BCUT2D eigenvalue weighted by molar-refractivity contribution is 0.164. The molecule has 0 amide bonds. The summed E-state index contributed by atoms with van der Waals surface area (Å²) in [5, 5.41) is 0. The van der Waals surface area contributed by atoms with E-state index >= 15 is 0 Å². The van der Waals surface area contributed by atoms with Crippen LogP contribution in [0.15, 0.2) is 0 Å². The smallest absolute Gasteiger partial charge is 0.0616 e. The van der Waals surface area contributed by atoms with Gasteiger partial charge in [-0.05, 0) is 5.92 Å². The van der Waals surface area contributed by atoms with Gasteiger partial charge in [0.05, 0.1) is 6.61 Å². The molecule has 0 aromatic heterocycles. The molecule has 0 radical (unpaired) electrons. The van der Waals surface area contributed by atoms with Crippen molar-refractivity contribution < 1.29 is 4.74 Å². The van der Waals surface area contributed by atoms with Crippen molar-refractivity contribution in [2.24, 2.45) is 11.7 Å². The molecule has 0 aliphatic carbocycles. The topological polar surface area (TPSA) is 35.2 Å². The van der Waals surface area contributed by atoms with E-state index in [0.29, 0.717) is 12.5 Å². The van der Waals surface area contributed by atoms with Gasteiger partial charge in [0.2, 0.25) is 0 Å². The van der Waals surface area contributed by atoms with E-state index < -0.39 is 0 Å². The van der Waals surface area contributed by atoms with E-state index in [0.717, 1.165) is 0 Å². The van der Waals surface area contributed by atoms with E-state index in [9.17, 15) is 0 Å². The molecule has 0 spiro atoms. The van der Waals surface area contributed by atoms with Gasteiger partial charge in [0.1, 0.15) is 0 Å². The molecular formula is C6H15NO. The Kier molecular flexibility index (Phi) is 3.83. The van der Waals surface area contributed by atoms with E-state index in [4.69, 9.17) is 10.5 Å². The van der Waals surface area contributed by atoms with Crippen LogP contribution in [-0.4, -0.2) is 19.8 Å². The van der Waals surface area contributed by atoms with Gasteiger partial charge in [-0.1, -0.05) is 13.8 Å². The monoisotopic (exact) mass is 117 g/mol. The summed E-state index contributed by atoms with van der Waals surface area (Å²) in [4.78, 5) is 0. The molecule has 1 atom stereocenters. The number of methoxy groups -OCH3 is 1. The first-order valence-corrected chi connectivity index (χ1v) is 2.93. The summed E-state index contributed by atoms with van der Waals surface area (Å²) in [5.41, 5.74) is 5.60. The molecule has 2 N–H and O–H groups in total. The van der Waals surface area contributed by atoms with Crippen molar-refractivity contribution >= 4 is 0 Å². The van der Waals surface area contributed by atoms with E-state index in [-0.39, 0.29) is 6.04 Å². The second-order valence-electron chi connectivity index (χ2n) is 2.36. The first kappa shape index (κ1) is 7.92. The standard InChI is InChI=1S/C6H15NO/c1-5(2)6(7)4-8-3/h5-6H,4,7H2,1-3H3/t6-/m1/s1. The fraction of sp³-hybridized carbons (Fsp3) is 1.00. The van der Waals surface area contributed by atoms with Gasteiger partial charge in [0.25, 0.3) is 0 Å². The maximum Gasteiger partial charge on any atom is 0.0616 e. The average molecular weight is 117 g/mol. The number of hydrogen-bond donors (Lipinski definition) is 1. The minimum absolute atomic E-state index is 0.194. The Hall–Kier alpha value is -0.0800. The summed E-state index contributed by atoms with van der Waals surface area (Å²) < 4.78 is 4.84. The predicted molar refractivity (Wildman–Crippen MR) is 34.7 cm³/mol. The van der Waals surface area contributed by atoms with E-state index in [2.05, 4.69) is 13.8 Å². The average Bonchev–Trinajstić information content (AvgIpc) is 1.67. The third kappa shape index (κ3) is 2.99. The maximum absolute atomic E-state index is 5.60. The Morgan fingerprint density at radius 2 is 2.00 bits per heavy atom. The quantitative estimate of drug-likeness (QED) is 0.588. The summed E-state index contributed by atoms with van der Waals surface area (Å²) in [7, 11) is 1.67. The normalized spacial score (nSPS) is 14.6. The van der Waals surface area contributed by atoms with Crippen LogP contribution in [0.25, 0.3) is 0 Å². The van der Waals surface area contributed by atoms with Crippen LogP contribution in [0.5, 0.6) is 0 Å². The molecule has 0 aromatic rings. The fourth-order valence-corrected chi connectivity index (χ4v) is 0.385. The van der Waals surface area contributed by atoms with E-state index in [1.807, 2.05) is 0 Å². The van der Waals surface area contributed by atoms with Gasteiger partial charge in [-0.15, -0.1) is 0 Å². The predicted octanol–water partition coefficient (Wildman–Crippen LogP) is 0.616.